The zero-order valence-electron chi connectivity index (χ0n) is 15.4. The third-order valence-electron chi connectivity index (χ3n) is 4.79. The molecular formula is C20H25NO4S2. The van der Waals surface area contributed by atoms with Crippen LogP contribution in [-0.2, 0) is 21.3 Å². The Morgan fingerprint density at radius 3 is 2.48 bits per heavy atom. The fraction of sp³-hybridized carbons (Fsp3) is 0.450. The Hall–Kier alpha value is -1.86. The van der Waals surface area contributed by atoms with Crippen molar-refractivity contribution in [1.29, 1.82) is 0 Å². The molecule has 0 aliphatic heterocycles. The first kappa shape index (κ1) is 19.9. The first-order valence-electron chi connectivity index (χ1n) is 9.31. The minimum Gasteiger partial charge on any atom is -0.378 e. The minimum atomic E-state index is -3.84. The molecule has 0 atom stereocenters. The number of amides is 1. The molecule has 0 saturated heterocycles. The lowest BCUT2D eigenvalue weighted by Gasteiger charge is -2.22. The second kappa shape index (κ2) is 8.89. The van der Waals surface area contributed by atoms with E-state index in [1.165, 1.54) is 55.9 Å². The number of hydrogen-bond donors (Lipinski definition) is 1. The van der Waals surface area contributed by atoms with E-state index in [1.807, 2.05) is 12.1 Å². The van der Waals surface area contributed by atoms with Gasteiger partial charge < -0.3 is 9.50 Å². The van der Waals surface area contributed by atoms with Crippen LogP contribution in [0.15, 0.2) is 40.6 Å². The van der Waals surface area contributed by atoms with E-state index in [1.54, 1.807) is 24.3 Å². The monoisotopic (exact) mass is 407 g/mol. The molecule has 7 heteroatoms. The molecule has 1 aliphatic rings. The van der Waals surface area contributed by atoms with Gasteiger partial charge in [-0.05, 0) is 55.0 Å². The van der Waals surface area contributed by atoms with Gasteiger partial charge in [0, 0.05) is 18.3 Å². The summed E-state index contributed by atoms with van der Waals surface area (Å²) in [5.41, 5.74) is 1.26. The van der Waals surface area contributed by atoms with Crippen LogP contribution in [0.3, 0.4) is 0 Å². The second-order valence-electron chi connectivity index (χ2n) is 6.90. The van der Waals surface area contributed by atoms with Crippen molar-refractivity contribution >= 4 is 27.4 Å². The largest absolute Gasteiger partial charge is 0.378 e. The number of carbonyl (C=O) groups is 1. The summed E-state index contributed by atoms with van der Waals surface area (Å²) < 4.78 is 30.5. The summed E-state index contributed by atoms with van der Waals surface area (Å²) in [5, 5.41) is 2.70. The van der Waals surface area contributed by atoms with Gasteiger partial charge in [0.1, 0.15) is 5.75 Å². The van der Waals surface area contributed by atoms with Crippen molar-refractivity contribution in [3.05, 3.63) is 46.8 Å². The maximum absolute atomic E-state index is 12.5. The van der Waals surface area contributed by atoms with Crippen LogP contribution >= 0.6 is 11.3 Å². The smallest absolute Gasteiger partial charge is 0.348 e. The van der Waals surface area contributed by atoms with Crippen LogP contribution in [0.4, 0.5) is 0 Å². The molecule has 0 bridgehead atoms. The summed E-state index contributed by atoms with van der Waals surface area (Å²) in [6.45, 7) is 1.94. The molecule has 27 heavy (non-hydrogen) atoms. The van der Waals surface area contributed by atoms with E-state index < -0.39 is 10.1 Å². The first-order valence-corrected chi connectivity index (χ1v) is 11.5. The molecule has 1 aliphatic carbocycles. The number of carbonyl (C=O) groups excluding carboxylic acids is 1. The Kier molecular flexibility index (Phi) is 6.55. The Balaban J connectivity index is 1.62. The van der Waals surface area contributed by atoms with Gasteiger partial charge in [0.15, 0.2) is 4.21 Å². The van der Waals surface area contributed by atoms with Crippen molar-refractivity contribution in [2.45, 2.75) is 55.6 Å². The van der Waals surface area contributed by atoms with Gasteiger partial charge in [0.25, 0.3) is 0 Å². The van der Waals surface area contributed by atoms with E-state index in [4.69, 9.17) is 4.18 Å². The van der Waals surface area contributed by atoms with Crippen molar-refractivity contribution in [3.8, 4) is 5.75 Å². The third-order valence-corrected chi connectivity index (χ3v) is 7.63. The van der Waals surface area contributed by atoms with E-state index in [2.05, 4.69) is 5.32 Å². The number of thiophene rings is 1. The van der Waals surface area contributed by atoms with Gasteiger partial charge in [0.05, 0.1) is 0 Å². The fourth-order valence-electron chi connectivity index (χ4n) is 3.39. The van der Waals surface area contributed by atoms with Crippen molar-refractivity contribution in [1.82, 2.24) is 5.32 Å². The molecule has 1 amide bonds. The number of rotatable bonds is 7. The van der Waals surface area contributed by atoms with Crippen LogP contribution in [0.25, 0.3) is 0 Å². The highest BCUT2D eigenvalue weighted by Crippen LogP contribution is 2.33. The van der Waals surface area contributed by atoms with Crippen LogP contribution in [0.2, 0.25) is 0 Å². The number of benzene rings is 1. The lowest BCUT2D eigenvalue weighted by atomic mass is 9.84. The highest BCUT2D eigenvalue weighted by Gasteiger charge is 2.20. The molecule has 1 saturated carbocycles. The molecule has 3 rings (SSSR count). The summed E-state index contributed by atoms with van der Waals surface area (Å²) in [5.74, 6) is 0.815. The average molecular weight is 408 g/mol. The molecule has 2 aromatic rings. The lowest BCUT2D eigenvalue weighted by Crippen LogP contribution is -2.22. The Bertz CT molecular complexity index is 866. The molecule has 1 heterocycles. The van der Waals surface area contributed by atoms with Gasteiger partial charge in [-0.1, -0.05) is 31.4 Å². The molecule has 146 valence electrons. The highest BCUT2D eigenvalue weighted by atomic mass is 32.3. The standard InChI is InChI=1S/C20H25NO4S2/c1-15(22)21-14-13-19-11-12-20(26-19)27(23,24)25-18-9-7-17(8-10-18)16-5-3-2-4-6-16/h7-12,16H,2-6,13-14H2,1H3,(H,21,22). The molecule has 1 N–H and O–H groups in total. The van der Waals surface area contributed by atoms with E-state index in [9.17, 15) is 13.2 Å². The molecule has 0 radical (unpaired) electrons. The molecule has 1 aromatic carbocycles. The number of nitrogens with one attached hydrogen (secondary N) is 1. The van der Waals surface area contributed by atoms with Gasteiger partial charge in [-0.2, -0.15) is 8.42 Å². The topological polar surface area (TPSA) is 72.5 Å². The first-order chi connectivity index (χ1) is 12.9. The van der Waals surface area contributed by atoms with Crippen molar-refractivity contribution in [2.24, 2.45) is 0 Å². The van der Waals surface area contributed by atoms with E-state index in [-0.39, 0.29) is 10.1 Å². The van der Waals surface area contributed by atoms with E-state index in [0.717, 1.165) is 4.88 Å². The van der Waals surface area contributed by atoms with E-state index >= 15 is 0 Å². The minimum absolute atomic E-state index is 0.0978. The predicted octanol–water partition coefficient (Wildman–Crippen LogP) is 4.24. The Labute approximate surface area is 164 Å². The molecule has 0 unspecified atom stereocenters. The molecule has 1 fully saturated rings. The third kappa shape index (κ3) is 5.56. The van der Waals surface area contributed by atoms with Gasteiger partial charge in [-0.15, -0.1) is 11.3 Å². The van der Waals surface area contributed by atoms with Crippen LogP contribution in [-0.4, -0.2) is 20.9 Å². The second-order valence-corrected chi connectivity index (χ2v) is 9.84. The quantitative estimate of drug-likeness (QED) is 0.697. The van der Waals surface area contributed by atoms with Gasteiger partial charge in [-0.3, -0.25) is 4.79 Å². The van der Waals surface area contributed by atoms with Gasteiger partial charge in [-0.25, -0.2) is 0 Å². The van der Waals surface area contributed by atoms with E-state index in [0.29, 0.717) is 24.6 Å². The van der Waals surface area contributed by atoms with Crippen LogP contribution in [0, 0.1) is 0 Å². The Morgan fingerprint density at radius 1 is 1.11 bits per heavy atom. The molecule has 5 nitrogen and oxygen atoms in total. The summed E-state index contributed by atoms with van der Waals surface area (Å²) in [7, 11) is -3.84. The van der Waals surface area contributed by atoms with Crippen molar-refractivity contribution < 1.29 is 17.4 Å². The molecule has 0 spiro atoms. The van der Waals surface area contributed by atoms with Crippen LogP contribution < -0.4 is 9.50 Å². The van der Waals surface area contributed by atoms with Crippen LogP contribution in [0.1, 0.15) is 55.4 Å². The predicted molar refractivity (Wildman–Crippen MR) is 107 cm³/mol. The SMILES string of the molecule is CC(=O)NCCc1ccc(S(=O)(=O)Oc2ccc(C3CCCCC3)cc2)s1. The molecule has 1 aromatic heterocycles. The average Bonchev–Trinajstić information content (AvgIpc) is 3.12. The normalized spacial score (nSPS) is 15.4. The summed E-state index contributed by atoms with van der Waals surface area (Å²) in [6.07, 6.45) is 6.84. The zero-order chi connectivity index (χ0) is 19.3. The van der Waals surface area contributed by atoms with Gasteiger partial charge >= 0.3 is 10.1 Å². The summed E-state index contributed by atoms with van der Waals surface area (Å²) in [4.78, 5) is 11.8. The van der Waals surface area contributed by atoms with Crippen molar-refractivity contribution in [3.63, 3.8) is 0 Å². The fourth-order valence-corrected chi connectivity index (χ4v) is 5.64. The lowest BCUT2D eigenvalue weighted by molar-refractivity contribution is -0.118. The highest BCUT2D eigenvalue weighted by molar-refractivity contribution is 7.89. The van der Waals surface area contributed by atoms with Crippen molar-refractivity contribution in [2.75, 3.05) is 6.54 Å². The molecular weight excluding hydrogens is 382 g/mol. The van der Waals surface area contributed by atoms with Gasteiger partial charge in [0.2, 0.25) is 5.91 Å². The maximum atomic E-state index is 12.5. The zero-order valence-corrected chi connectivity index (χ0v) is 17.1. The number of hydrogen-bond acceptors (Lipinski definition) is 5. The maximum Gasteiger partial charge on any atom is 0.348 e. The van der Waals surface area contributed by atoms with Crippen LogP contribution in [0.5, 0.6) is 5.75 Å². The summed E-state index contributed by atoms with van der Waals surface area (Å²) in [6, 6.07) is 10.8. The summed E-state index contributed by atoms with van der Waals surface area (Å²) >= 11 is 1.17. The Morgan fingerprint density at radius 2 is 1.81 bits per heavy atom.